The maximum atomic E-state index is 13.1. The van der Waals surface area contributed by atoms with Gasteiger partial charge in [0.2, 0.25) is 5.91 Å². The van der Waals surface area contributed by atoms with Crippen LogP contribution in [0.2, 0.25) is 0 Å². The first-order valence-corrected chi connectivity index (χ1v) is 10.7. The van der Waals surface area contributed by atoms with E-state index in [9.17, 15) is 4.79 Å². The summed E-state index contributed by atoms with van der Waals surface area (Å²) < 4.78 is 5.35. The van der Waals surface area contributed by atoms with Gasteiger partial charge in [-0.25, -0.2) is 0 Å². The van der Waals surface area contributed by atoms with Gasteiger partial charge in [-0.3, -0.25) is 9.78 Å². The number of hydrogen-bond donors (Lipinski definition) is 0. The van der Waals surface area contributed by atoms with E-state index in [1.54, 1.807) is 7.11 Å². The molecule has 29 heavy (non-hydrogen) atoms. The minimum Gasteiger partial charge on any atom is -0.497 e. The molecule has 1 atom stereocenters. The van der Waals surface area contributed by atoms with Crippen LogP contribution in [-0.4, -0.2) is 61.0 Å². The van der Waals surface area contributed by atoms with Crippen molar-refractivity contribution in [3.8, 4) is 17.0 Å². The molecule has 1 aromatic heterocycles. The summed E-state index contributed by atoms with van der Waals surface area (Å²) in [6.45, 7) is 3.73. The van der Waals surface area contributed by atoms with E-state index in [-0.39, 0.29) is 5.92 Å². The number of nitrogens with zero attached hydrogens (tertiary/aromatic N) is 3. The van der Waals surface area contributed by atoms with Gasteiger partial charge in [-0.1, -0.05) is 18.2 Å². The molecular weight excluding hydrogens is 362 g/mol. The molecule has 2 fully saturated rings. The number of benzene rings is 1. The molecule has 5 heteroatoms. The van der Waals surface area contributed by atoms with E-state index in [0.717, 1.165) is 74.6 Å². The van der Waals surface area contributed by atoms with Crippen molar-refractivity contribution in [2.45, 2.75) is 31.6 Å². The molecule has 2 saturated heterocycles. The van der Waals surface area contributed by atoms with Gasteiger partial charge >= 0.3 is 0 Å². The Balaban J connectivity index is 1.47. The lowest BCUT2D eigenvalue weighted by Gasteiger charge is -2.37. The fourth-order valence-corrected chi connectivity index (χ4v) is 4.55. The van der Waals surface area contributed by atoms with Crippen molar-refractivity contribution in [2.24, 2.45) is 5.92 Å². The molecule has 1 aromatic carbocycles. The summed E-state index contributed by atoms with van der Waals surface area (Å²) in [5, 5.41) is 0. The van der Waals surface area contributed by atoms with Crippen LogP contribution < -0.4 is 4.74 Å². The molecule has 2 aliphatic rings. The van der Waals surface area contributed by atoms with Crippen LogP contribution in [0.5, 0.6) is 5.75 Å². The molecule has 154 valence electrons. The minimum atomic E-state index is 0.195. The third-order valence-electron chi connectivity index (χ3n) is 6.36. The highest BCUT2D eigenvalue weighted by Crippen LogP contribution is 2.30. The Labute approximate surface area is 173 Å². The quantitative estimate of drug-likeness (QED) is 0.793. The highest BCUT2D eigenvalue weighted by Gasteiger charge is 2.31. The van der Waals surface area contributed by atoms with Crippen LogP contribution >= 0.6 is 0 Å². The second kappa shape index (κ2) is 8.95. The molecule has 0 N–H and O–H groups in total. The summed E-state index contributed by atoms with van der Waals surface area (Å²) >= 11 is 0. The standard InChI is InChI=1S/C24H31N3O2/c1-26-14-11-18(12-15-26)24(28)27-13-5-7-20(17-27)23-10-4-9-22(25-23)19-6-3-8-21(16-19)29-2/h3-4,6,8-10,16,18,20H,5,7,11-15,17H2,1-2H3. The van der Waals surface area contributed by atoms with E-state index in [1.165, 1.54) is 0 Å². The van der Waals surface area contributed by atoms with Crippen LogP contribution in [0.25, 0.3) is 11.3 Å². The van der Waals surface area contributed by atoms with Crippen molar-refractivity contribution in [3.63, 3.8) is 0 Å². The first-order chi connectivity index (χ1) is 14.1. The smallest absolute Gasteiger partial charge is 0.225 e. The van der Waals surface area contributed by atoms with Gasteiger partial charge < -0.3 is 14.5 Å². The van der Waals surface area contributed by atoms with Crippen LogP contribution in [0.15, 0.2) is 42.5 Å². The maximum Gasteiger partial charge on any atom is 0.225 e. The molecule has 0 saturated carbocycles. The molecule has 0 radical (unpaired) electrons. The monoisotopic (exact) mass is 393 g/mol. The van der Waals surface area contributed by atoms with Gasteiger partial charge in [0.1, 0.15) is 5.75 Å². The lowest BCUT2D eigenvalue weighted by Crippen LogP contribution is -2.45. The van der Waals surface area contributed by atoms with Gasteiger partial charge in [0.15, 0.2) is 0 Å². The number of carbonyl (C=O) groups is 1. The number of hydrogen-bond acceptors (Lipinski definition) is 4. The number of aromatic nitrogens is 1. The molecule has 2 aromatic rings. The number of ether oxygens (including phenoxy) is 1. The van der Waals surface area contributed by atoms with Crippen molar-refractivity contribution in [3.05, 3.63) is 48.2 Å². The van der Waals surface area contributed by atoms with Gasteiger partial charge in [0.05, 0.1) is 12.8 Å². The number of carbonyl (C=O) groups excluding carboxylic acids is 1. The molecule has 0 bridgehead atoms. The highest BCUT2D eigenvalue weighted by molar-refractivity contribution is 5.79. The predicted molar refractivity (Wildman–Crippen MR) is 115 cm³/mol. The molecule has 2 aliphatic heterocycles. The fourth-order valence-electron chi connectivity index (χ4n) is 4.55. The van der Waals surface area contributed by atoms with Crippen LogP contribution in [0, 0.1) is 5.92 Å². The van der Waals surface area contributed by atoms with E-state index >= 15 is 0 Å². The average Bonchev–Trinajstić information content (AvgIpc) is 2.79. The second-order valence-corrected chi connectivity index (χ2v) is 8.38. The molecular formula is C24H31N3O2. The highest BCUT2D eigenvalue weighted by atomic mass is 16.5. The fraction of sp³-hybridized carbons (Fsp3) is 0.500. The van der Waals surface area contributed by atoms with Crippen LogP contribution in [0.3, 0.4) is 0 Å². The maximum absolute atomic E-state index is 13.1. The predicted octanol–water partition coefficient (Wildman–Crippen LogP) is 3.81. The molecule has 3 heterocycles. The summed E-state index contributed by atoms with van der Waals surface area (Å²) in [5.74, 6) is 1.69. The lowest BCUT2D eigenvalue weighted by atomic mass is 9.90. The van der Waals surface area contributed by atoms with Crippen molar-refractivity contribution in [1.82, 2.24) is 14.8 Å². The number of piperidine rings is 2. The summed E-state index contributed by atoms with van der Waals surface area (Å²) in [6, 6.07) is 14.2. The molecule has 0 aliphatic carbocycles. The van der Waals surface area contributed by atoms with Crippen molar-refractivity contribution in [1.29, 1.82) is 0 Å². The van der Waals surface area contributed by atoms with E-state index in [1.807, 2.05) is 24.3 Å². The van der Waals surface area contributed by atoms with Crippen molar-refractivity contribution < 1.29 is 9.53 Å². The van der Waals surface area contributed by atoms with E-state index < -0.39 is 0 Å². The van der Waals surface area contributed by atoms with Crippen molar-refractivity contribution >= 4 is 5.91 Å². The second-order valence-electron chi connectivity index (χ2n) is 8.38. The summed E-state index contributed by atoms with van der Waals surface area (Å²) in [4.78, 5) is 22.4. The number of methoxy groups -OCH3 is 1. The summed E-state index contributed by atoms with van der Waals surface area (Å²) in [7, 11) is 3.82. The zero-order valence-electron chi connectivity index (χ0n) is 17.5. The normalized spacial score (nSPS) is 21.2. The minimum absolute atomic E-state index is 0.195. The van der Waals surface area contributed by atoms with Crippen LogP contribution in [0.4, 0.5) is 0 Å². The number of amides is 1. The zero-order valence-corrected chi connectivity index (χ0v) is 17.5. The number of likely N-dealkylation sites (tertiary alicyclic amines) is 2. The Hall–Kier alpha value is -2.40. The molecule has 5 nitrogen and oxygen atoms in total. The summed E-state index contributed by atoms with van der Waals surface area (Å²) in [6.07, 6.45) is 4.11. The lowest BCUT2D eigenvalue weighted by molar-refractivity contribution is -0.138. The zero-order chi connectivity index (χ0) is 20.2. The number of pyridine rings is 1. The molecule has 1 unspecified atom stereocenters. The molecule has 1 amide bonds. The molecule has 0 spiro atoms. The van der Waals surface area contributed by atoms with E-state index in [4.69, 9.17) is 9.72 Å². The molecule has 4 rings (SSSR count). The Bertz CT molecular complexity index is 846. The Morgan fingerprint density at radius 1 is 1.07 bits per heavy atom. The first kappa shape index (κ1) is 19.9. The van der Waals surface area contributed by atoms with Gasteiger partial charge in [-0.05, 0) is 70.1 Å². The van der Waals surface area contributed by atoms with Gasteiger partial charge in [-0.15, -0.1) is 0 Å². The first-order valence-electron chi connectivity index (χ1n) is 10.7. The third-order valence-corrected chi connectivity index (χ3v) is 6.36. The van der Waals surface area contributed by atoms with E-state index in [2.05, 4.69) is 35.0 Å². The van der Waals surface area contributed by atoms with Gasteiger partial charge in [0, 0.05) is 36.2 Å². The van der Waals surface area contributed by atoms with E-state index in [0.29, 0.717) is 11.8 Å². The third kappa shape index (κ3) is 4.61. The Morgan fingerprint density at radius 2 is 1.86 bits per heavy atom. The summed E-state index contributed by atoms with van der Waals surface area (Å²) in [5.41, 5.74) is 3.10. The van der Waals surface area contributed by atoms with Gasteiger partial charge in [0.25, 0.3) is 0 Å². The average molecular weight is 394 g/mol. The van der Waals surface area contributed by atoms with Crippen LogP contribution in [0.1, 0.15) is 37.3 Å². The SMILES string of the molecule is COc1cccc(-c2cccc(C3CCCN(C(=O)C4CCN(C)CC4)C3)n2)c1. The van der Waals surface area contributed by atoms with Gasteiger partial charge in [-0.2, -0.15) is 0 Å². The largest absolute Gasteiger partial charge is 0.497 e. The van der Waals surface area contributed by atoms with Crippen LogP contribution in [-0.2, 0) is 4.79 Å². The Morgan fingerprint density at radius 3 is 2.66 bits per heavy atom. The Kier molecular flexibility index (Phi) is 6.14. The topological polar surface area (TPSA) is 45.7 Å². The number of rotatable bonds is 4. The van der Waals surface area contributed by atoms with Crippen molar-refractivity contribution in [2.75, 3.05) is 40.3 Å².